The van der Waals surface area contributed by atoms with Gasteiger partial charge < -0.3 is 15.0 Å². The average Bonchev–Trinajstić information content (AvgIpc) is 3.09. The number of imidazole rings is 1. The van der Waals surface area contributed by atoms with Crippen LogP contribution in [0.3, 0.4) is 0 Å². The first-order valence-corrected chi connectivity index (χ1v) is 8.71. The Labute approximate surface area is 136 Å². The van der Waals surface area contributed by atoms with Crippen molar-refractivity contribution in [2.24, 2.45) is 0 Å². The van der Waals surface area contributed by atoms with Gasteiger partial charge in [-0.2, -0.15) is 4.98 Å². The Kier molecular flexibility index (Phi) is 5.06. The molecule has 2 N–H and O–H groups in total. The molecular formula is C15H17N5O2S. The van der Waals surface area contributed by atoms with Crippen molar-refractivity contribution in [2.45, 2.75) is 0 Å². The second kappa shape index (κ2) is 7.40. The Morgan fingerprint density at radius 3 is 2.87 bits per heavy atom. The number of benzene rings is 1. The monoisotopic (exact) mass is 331 g/mol. The van der Waals surface area contributed by atoms with E-state index in [1.165, 1.54) is 0 Å². The van der Waals surface area contributed by atoms with Crippen molar-refractivity contribution in [1.82, 2.24) is 19.5 Å². The summed E-state index contributed by atoms with van der Waals surface area (Å²) in [5, 5.41) is 12.9. The molecule has 0 spiro atoms. The van der Waals surface area contributed by atoms with Gasteiger partial charge >= 0.3 is 0 Å². The fourth-order valence-corrected chi connectivity index (χ4v) is 2.92. The van der Waals surface area contributed by atoms with Crippen LogP contribution >= 0.6 is 0 Å². The molecule has 0 radical (unpaired) electrons. The molecule has 0 saturated carbocycles. The summed E-state index contributed by atoms with van der Waals surface area (Å²) >= 11 is -1.03. The van der Waals surface area contributed by atoms with Crippen LogP contribution < -0.4 is 5.32 Å². The van der Waals surface area contributed by atoms with Gasteiger partial charge in [0.25, 0.3) is 0 Å². The van der Waals surface area contributed by atoms with E-state index in [0.29, 0.717) is 29.8 Å². The lowest BCUT2D eigenvalue weighted by atomic mass is 10.2. The third-order valence-electron chi connectivity index (χ3n) is 3.27. The van der Waals surface area contributed by atoms with E-state index in [1.807, 2.05) is 24.3 Å². The quantitative estimate of drug-likeness (QED) is 0.626. The predicted octanol–water partition coefficient (Wildman–Crippen LogP) is 0.968. The van der Waals surface area contributed by atoms with Crippen LogP contribution in [0.1, 0.15) is 0 Å². The number of hydrogen-bond acceptors (Lipinski definition) is 6. The third-order valence-corrected chi connectivity index (χ3v) is 4.57. The second-order valence-corrected chi connectivity index (χ2v) is 6.55. The molecule has 0 saturated heterocycles. The Morgan fingerprint density at radius 1 is 1.22 bits per heavy atom. The van der Waals surface area contributed by atoms with Gasteiger partial charge in [0.15, 0.2) is 0 Å². The molecule has 0 bridgehead atoms. The molecule has 3 rings (SSSR count). The Morgan fingerprint density at radius 2 is 2.09 bits per heavy atom. The summed E-state index contributed by atoms with van der Waals surface area (Å²) in [7, 11) is 0. The maximum atomic E-state index is 11.6. The number of para-hydroxylation sites is 1. The summed E-state index contributed by atoms with van der Waals surface area (Å²) < 4.78 is 13.4. The summed E-state index contributed by atoms with van der Waals surface area (Å²) in [6.07, 6.45) is 5.10. The fourth-order valence-electron chi connectivity index (χ4n) is 2.18. The molecule has 120 valence electrons. The number of aliphatic hydroxyl groups excluding tert-OH is 1. The van der Waals surface area contributed by atoms with Crippen LogP contribution in [0, 0.1) is 0 Å². The minimum absolute atomic E-state index is 0.0617. The van der Waals surface area contributed by atoms with Crippen LogP contribution in [0.4, 0.5) is 5.82 Å². The van der Waals surface area contributed by atoms with E-state index in [-0.39, 0.29) is 6.61 Å². The number of nitrogens with zero attached hydrogens (tertiary/aromatic N) is 4. The van der Waals surface area contributed by atoms with Crippen LogP contribution in [0.25, 0.3) is 16.9 Å². The number of hydrogen-bond donors (Lipinski definition) is 2. The molecule has 8 heteroatoms. The van der Waals surface area contributed by atoms with E-state index in [1.54, 1.807) is 23.3 Å². The van der Waals surface area contributed by atoms with Crippen LogP contribution in [-0.2, 0) is 11.2 Å². The summed E-state index contributed by atoms with van der Waals surface area (Å²) in [4.78, 5) is 13.1. The Bertz CT molecular complexity index is 766. The lowest BCUT2D eigenvalue weighted by molar-refractivity contribution is 0.319. The van der Waals surface area contributed by atoms with E-state index in [4.69, 9.17) is 5.11 Å². The normalized spacial score (nSPS) is 12.4. The molecule has 23 heavy (non-hydrogen) atoms. The Hall–Kier alpha value is -2.16. The molecule has 3 aromatic rings. The highest BCUT2D eigenvalue weighted by atomic mass is 32.2. The molecular weight excluding hydrogens is 314 g/mol. The Balaban J connectivity index is 1.85. The van der Waals surface area contributed by atoms with Gasteiger partial charge in [0.2, 0.25) is 5.95 Å². The van der Waals surface area contributed by atoms with Gasteiger partial charge in [-0.1, -0.05) is 12.1 Å². The molecule has 1 atom stereocenters. The van der Waals surface area contributed by atoms with Gasteiger partial charge in [-0.05, 0) is 23.3 Å². The molecule has 0 fully saturated rings. The topological polar surface area (TPSA) is 98.9 Å². The zero-order valence-electron chi connectivity index (χ0n) is 12.4. The fraction of sp³-hybridized carbons (Fsp3) is 0.267. The summed E-state index contributed by atoms with van der Waals surface area (Å²) in [5.74, 6) is 1.98. The van der Waals surface area contributed by atoms with Crippen molar-refractivity contribution >= 4 is 27.9 Å². The number of fused-ring (bicyclic) bond motifs is 1. The zero-order chi connectivity index (χ0) is 16.1. The number of rotatable bonds is 7. The van der Waals surface area contributed by atoms with Gasteiger partial charge in [-0.3, -0.25) is 4.57 Å². The molecule has 7 nitrogen and oxygen atoms in total. The maximum Gasteiger partial charge on any atom is 0.237 e. The summed E-state index contributed by atoms with van der Waals surface area (Å²) in [6.45, 7) is 0.449. The lowest BCUT2D eigenvalue weighted by Crippen LogP contribution is -2.20. The highest BCUT2D eigenvalue weighted by Gasteiger charge is 2.10. The maximum absolute atomic E-state index is 11.6. The van der Waals surface area contributed by atoms with Gasteiger partial charge in [0, 0.05) is 17.8 Å². The minimum Gasteiger partial charge on any atom is -0.616 e. The first-order chi connectivity index (χ1) is 11.3. The molecule has 2 heterocycles. The van der Waals surface area contributed by atoms with Gasteiger partial charge in [0.1, 0.15) is 23.7 Å². The number of nitrogens with one attached hydrogen (secondary N) is 1. The van der Waals surface area contributed by atoms with E-state index in [9.17, 15) is 4.55 Å². The van der Waals surface area contributed by atoms with Crippen molar-refractivity contribution < 1.29 is 9.66 Å². The minimum atomic E-state index is -1.03. The van der Waals surface area contributed by atoms with Crippen molar-refractivity contribution in [3.63, 3.8) is 0 Å². The lowest BCUT2D eigenvalue weighted by Gasteiger charge is -2.13. The van der Waals surface area contributed by atoms with Crippen LogP contribution in [0.2, 0.25) is 0 Å². The van der Waals surface area contributed by atoms with E-state index < -0.39 is 11.2 Å². The number of aliphatic hydroxyl groups is 1. The standard InChI is InChI=1S/C15H17N5O2S/c21-8-10-23(22)9-6-17-14-12-3-1-2-4-13(12)18-15(19-14)20-7-5-16-11-20/h1-5,7,11,21H,6,8-10H2,(H,17,18,19). The van der Waals surface area contributed by atoms with Crippen LogP contribution in [0.15, 0.2) is 43.0 Å². The van der Waals surface area contributed by atoms with Crippen LogP contribution in [0.5, 0.6) is 0 Å². The molecule has 0 aliphatic rings. The van der Waals surface area contributed by atoms with Crippen molar-refractivity contribution in [1.29, 1.82) is 0 Å². The summed E-state index contributed by atoms with van der Waals surface area (Å²) in [6, 6.07) is 7.72. The number of aromatic nitrogens is 4. The van der Waals surface area contributed by atoms with Crippen LogP contribution in [-0.4, -0.2) is 53.8 Å². The third kappa shape index (κ3) is 3.79. The highest BCUT2D eigenvalue weighted by molar-refractivity contribution is 7.91. The van der Waals surface area contributed by atoms with Crippen molar-refractivity contribution in [2.75, 3.05) is 30.0 Å². The van der Waals surface area contributed by atoms with Gasteiger partial charge in [0.05, 0.1) is 18.7 Å². The first kappa shape index (κ1) is 15.7. The number of anilines is 1. The predicted molar refractivity (Wildman–Crippen MR) is 90.1 cm³/mol. The largest absolute Gasteiger partial charge is 0.616 e. The van der Waals surface area contributed by atoms with Gasteiger partial charge in [-0.15, -0.1) is 0 Å². The van der Waals surface area contributed by atoms with Crippen molar-refractivity contribution in [3.05, 3.63) is 43.0 Å². The first-order valence-electron chi connectivity index (χ1n) is 7.23. The van der Waals surface area contributed by atoms with Gasteiger partial charge in [-0.25, -0.2) is 9.97 Å². The zero-order valence-corrected chi connectivity index (χ0v) is 13.2. The molecule has 2 aromatic heterocycles. The second-order valence-electron chi connectivity index (χ2n) is 4.86. The molecule has 0 aliphatic carbocycles. The van der Waals surface area contributed by atoms with E-state index in [0.717, 1.165) is 10.9 Å². The average molecular weight is 331 g/mol. The summed E-state index contributed by atoms with van der Waals surface area (Å²) in [5.41, 5.74) is 0.824. The molecule has 0 amide bonds. The molecule has 1 unspecified atom stereocenters. The van der Waals surface area contributed by atoms with E-state index in [2.05, 4.69) is 20.3 Å². The molecule has 0 aliphatic heterocycles. The SMILES string of the molecule is [O-][S+](CCO)CCNc1nc(-n2ccnc2)nc2ccccc12. The van der Waals surface area contributed by atoms with E-state index >= 15 is 0 Å². The molecule has 1 aromatic carbocycles. The highest BCUT2D eigenvalue weighted by Crippen LogP contribution is 2.21. The van der Waals surface area contributed by atoms with Crippen molar-refractivity contribution in [3.8, 4) is 5.95 Å². The smallest absolute Gasteiger partial charge is 0.237 e.